The van der Waals surface area contributed by atoms with Gasteiger partial charge in [-0.2, -0.15) is 0 Å². The molecule has 1 heterocycles. The molecule has 35 heavy (non-hydrogen) atoms. The highest BCUT2D eigenvalue weighted by atomic mass is 32.2. The first-order chi connectivity index (χ1) is 16.9. The van der Waals surface area contributed by atoms with Gasteiger partial charge in [-0.15, -0.1) is 0 Å². The van der Waals surface area contributed by atoms with Crippen LogP contribution in [0.15, 0.2) is 83.9 Å². The normalized spacial score (nSPS) is 16.4. The van der Waals surface area contributed by atoms with Crippen LogP contribution in [0.1, 0.15) is 22.3 Å². The fraction of sp³-hybridized carbons (Fsp3) is 0.154. The number of carbonyl (C=O) groups is 3. The minimum atomic E-state index is -0.660. The first-order valence-electron chi connectivity index (χ1n) is 10.8. The van der Waals surface area contributed by atoms with E-state index in [2.05, 4.69) is 15.0 Å². The molecule has 1 saturated heterocycles. The molecule has 0 aromatic heterocycles. The fourth-order valence-corrected chi connectivity index (χ4v) is 4.61. The van der Waals surface area contributed by atoms with Crippen LogP contribution in [0.25, 0.3) is 0 Å². The van der Waals surface area contributed by atoms with E-state index >= 15 is 0 Å². The third kappa shape index (κ3) is 6.13. The first-order valence-corrected chi connectivity index (χ1v) is 11.7. The average molecular weight is 492 g/mol. The molecule has 1 fully saturated rings. The van der Waals surface area contributed by atoms with E-state index in [0.29, 0.717) is 28.7 Å². The van der Waals surface area contributed by atoms with Gasteiger partial charge in [-0.05, 0) is 54.1 Å². The minimum absolute atomic E-state index is 0.0595. The van der Waals surface area contributed by atoms with Crippen LogP contribution in [0.3, 0.4) is 0 Å². The Morgan fingerprint density at radius 1 is 1.03 bits per heavy atom. The van der Waals surface area contributed by atoms with Gasteiger partial charge in [0.15, 0.2) is 5.17 Å². The summed E-state index contributed by atoms with van der Waals surface area (Å²) in [6.45, 7) is 0.305. The summed E-state index contributed by atoms with van der Waals surface area (Å²) >= 11 is 1.20. The number of ether oxygens (including phenoxy) is 1. The topological polar surface area (TPSA) is 88.1 Å². The molecule has 0 aliphatic carbocycles. The van der Waals surface area contributed by atoms with Crippen LogP contribution >= 0.6 is 11.8 Å². The van der Waals surface area contributed by atoms with Gasteiger partial charge in [0, 0.05) is 12.1 Å². The number of hydrogen-bond acceptors (Lipinski definition) is 6. The summed E-state index contributed by atoms with van der Waals surface area (Å²) in [6.07, 6.45) is -0.0595. The molecule has 7 nitrogen and oxygen atoms in total. The van der Waals surface area contributed by atoms with E-state index in [-0.39, 0.29) is 24.1 Å². The quantitative estimate of drug-likeness (QED) is 0.481. The molecule has 1 aliphatic heterocycles. The maximum atomic E-state index is 13.3. The third-order valence-corrected chi connectivity index (χ3v) is 6.39. The van der Waals surface area contributed by atoms with Gasteiger partial charge < -0.3 is 10.1 Å². The van der Waals surface area contributed by atoms with E-state index in [9.17, 15) is 18.8 Å². The number of carbonyl (C=O) groups excluding carboxylic acids is 3. The number of methoxy groups -OCH3 is 1. The van der Waals surface area contributed by atoms with Gasteiger partial charge in [0.2, 0.25) is 11.8 Å². The first kappa shape index (κ1) is 24.2. The van der Waals surface area contributed by atoms with Crippen molar-refractivity contribution < 1.29 is 23.5 Å². The van der Waals surface area contributed by atoms with Gasteiger partial charge in [0.1, 0.15) is 11.1 Å². The number of benzene rings is 3. The number of anilines is 1. The molecule has 178 valence electrons. The van der Waals surface area contributed by atoms with E-state index in [1.807, 2.05) is 30.3 Å². The molecule has 1 atom stereocenters. The molecule has 0 spiro atoms. The number of esters is 1. The molecule has 3 aromatic rings. The van der Waals surface area contributed by atoms with E-state index in [1.165, 1.54) is 43.1 Å². The van der Waals surface area contributed by atoms with Crippen LogP contribution in [-0.4, -0.2) is 40.2 Å². The Morgan fingerprint density at radius 3 is 2.37 bits per heavy atom. The minimum Gasteiger partial charge on any atom is -0.465 e. The highest BCUT2D eigenvalue weighted by Crippen LogP contribution is 2.33. The van der Waals surface area contributed by atoms with Crippen molar-refractivity contribution in [1.29, 1.82) is 0 Å². The maximum Gasteiger partial charge on any atom is 0.337 e. The molecule has 9 heteroatoms. The van der Waals surface area contributed by atoms with Crippen LogP contribution in [0.5, 0.6) is 0 Å². The lowest BCUT2D eigenvalue weighted by molar-refractivity contribution is -0.128. The highest BCUT2D eigenvalue weighted by Gasteiger charge is 2.39. The Kier molecular flexibility index (Phi) is 7.57. The molecule has 0 saturated carbocycles. The van der Waals surface area contributed by atoms with E-state index in [1.54, 1.807) is 29.2 Å². The van der Waals surface area contributed by atoms with Crippen molar-refractivity contribution in [3.05, 3.63) is 95.8 Å². The molecule has 3 aromatic carbocycles. The number of nitrogens with zero attached hydrogens (tertiary/aromatic N) is 2. The Morgan fingerprint density at radius 2 is 1.71 bits per heavy atom. The maximum absolute atomic E-state index is 13.3. The highest BCUT2D eigenvalue weighted by molar-refractivity contribution is 8.15. The molecular formula is C26H22FN3O4S. The van der Waals surface area contributed by atoms with E-state index < -0.39 is 11.2 Å². The van der Waals surface area contributed by atoms with Crippen molar-refractivity contribution in [2.24, 2.45) is 4.99 Å². The number of thioether (sulfide) groups is 1. The molecule has 0 bridgehead atoms. The lowest BCUT2D eigenvalue weighted by atomic mass is 10.2. The SMILES string of the molecule is COC(=O)c1ccc(NC(=O)CC2SC(=Nc3ccc(F)cc3)N(Cc3ccccc3)C2=O)cc1. The molecule has 0 radical (unpaired) electrons. The molecule has 1 N–H and O–H groups in total. The number of aliphatic imine (C=N–C) groups is 1. The number of hydrogen-bond donors (Lipinski definition) is 1. The van der Waals surface area contributed by atoms with Crippen LogP contribution in [-0.2, 0) is 20.9 Å². The van der Waals surface area contributed by atoms with Gasteiger partial charge >= 0.3 is 5.97 Å². The second kappa shape index (κ2) is 11.0. The molecule has 4 rings (SSSR count). The van der Waals surface area contributed by atoms with Crippen molar-refractivity contribution in [3.63, 3.8) is 0 Å². The van der Waals surface area contributed by atoms with Crippen LogP contribution < -0.4 is 5.32 Å². The van der Waals surface area contributed by atoms with Gasteiger partial charge in [0.25, 0.3) is 0 Å². The summed E-state index contributed by atoms with van der Waals surface area (Å²) in [5, 5.41) is 2.54. The summed E-state index contributed by atoms with van der Waals surface area (Å²) in [4.78, 5) is 43.6. The van der Waals surface area contributed by atoms with Crippen LogP contribution in [0.4, 0.5) is 15.8 Å². The number of halogens is 1. The van der Waals surface area contributed by atoms with Gasteiger partial charge in [-0.25, -0.2) is 14.2 Å². The number of amidine groups is 1. The molecular weight excluding hydrogens is 469 g/mol. The third-order valence-electron chi connectivity index (χ3n) is 5.22. The van der Waals surface area contributed by atoms with Crippen molar-refractivity contribution in [3.8, 4) is 0 Å². The zero-order chi connectivity index (χ0) is 24.8. The summed E-state index contributed by atoms with van der Waals surface area (Å²) in [6, 6.07) is 21.4. The van der Waals surface area contributed by atoms with Crippen LogP contribution in [0, 0.1) is 5.82 Å². The Hall–Kier alpha value is -3.98. The lowest BCUT2D eigenvalue weighted by Gasteiger charge is -2.16. The Balaban J connectivity index is 1.49. The van der Waals surface area contributed by atoms with Crippen molar-refractivity contribution >= 4 is 46.1 Å². The second-order valence-corrected chi connectivity index (χ2v) is 8.88. The smallest absolute Gasteiger partial charge is 0.337 e. The zero-order valence-corrected chi connectivity index (χ0v) is 19.6. The second-order valence-electron chi connectivity index (χ2n) is 7.71. The number of nitrogens with one attached hydrogen (secondary N) is 1. The number of rotatable bonds is 7. The molecule has 1 aliphatic rings. The average Bonchev–Trinajstić information content (AvgIpc) is 3.14. The number of amides is 2. The van der Waals surface area contributed by atoms with Crippen molar-refractivity contribution in [2.45, 2.75) is 18.2 Å². The standard InChI is InChI=1S/C26H22FN3O4S/c1-34-25(33)18-7-11-20(12-8-18)28-23(31)15-22-24(32)30(16-17-5-3-2-4-6-17)26(35-22)29-21-13-9-19(27)10-14-21/h2-14,22H,15-16H2,1H3,(H,28,31). The Labute approximate surface area is 206 Å². The molecule has 2 amide bonds. The lowest BCUT2D eigenvalue weighted by Crippen LogP contribution is -2.33. The van der Waals surface area contributed by atoms with Gasteiger partial charge in [-0.1, -0.05) is 42.1 Å². The predicted octanol–water partition coefficient (Wildman–Crippen LogP) is 4.77. The Bertz CT molecular complexity index is 1250. The fourth-order valence-electron chi connectivity index (χ4n) is 3.45. The zero-order valence-electron chi connectivity index (χ0n) is 18.8. The van der Waals surface area contributed by atoms with E-state index in [0.717, 1.165) is 5.56 Å². The monoisotopic (exact) mass is 491 g/mol. The van der Waals surface area contributed by atoms with Gasteiger partial charge in [0.05, 0.1) is 24.9 Å². The largest absolute Gasteiger partial charge is 0.465 e. The van der Waals surface area contributed by atoms with Gasteiger partial charge in [-0.3, -0.25) is 14.5 Å². The summed E-state index contributed by atoms with van der Waals surface area (Å²) in [5.74, 6) is -1.41. The van der Waals surface area contributed by atoms with Crippen molar-refractivity contribution in [1.82, 2.24) is 4.90 Å². The summed E-state index contributed by atoms with van der Waals surface area (Å²) in [5.41, 5.74) is 2.30. The predicted molar refractivity (Wildman–Crippen MR) is 133 cm³/mol. The molecule has 1 unspecified atom stereocenters. The summed E-state index contributed by atoms with van der Waals surface area (Å²) < 4.78 is 18.0. The summed E-state index contributed by atoms with van der Waals surface area (Å²) in [7, 11) is 1.29. The van der Waals surface area contributed by atoms with Crippen molar-refractivity contribution in [2.75, 3.05) is 12.4 Å². The van der Waals surface area contributed by atoms with E-state index in [4.69, 9.17) is 0 Å². The van der Waals surface area contributed by atoms with Crippen LogP contribution in [0.2, 0.25) is 0 Å².